The molecule has 0 aromatic carbocycles. The Bertz CT molecular complexity index is 185. The molecule has 0 atom stereocenters. The summed E-state index contributed by atoms with van der Waals surface area (Å²) < 4.78 is 5.12. The number of thioether (sulfide) groups is 1. The molecule has 0 N–H and O–H groups in total. The van der Waals surface area contributed by atoms with Gasteiger partial charge in [-0.05, 0) is 24.2 Å². The van der Waals surface area contributed by atoms with Crippen LogP contribution < -0.4 is 0 Å². The van der Waals surface area contributed by atoms with Crippen molar-refractivity contribution in [1.82, 2.24) is 9.36 Å². The van der Waals surface area contributed by atoms with Crippen molar-refractivity contribution in [1.29, 1.82) is 0 Å². The topological polar surface area (TPSA) is 25.8 Å². The highest BCUT2D eigenvalue weighted by molar-refractivity contribution is 8.00. The fourth-order valence-electron chi connectivity index (χ4n) is 0.460. The van der Waals surface area contributed by atoms with Gasteiger partial charge in [-0.3, -0.25) is 0 Å². The van der Waals surface area contributed by atoms with Gasteiger partial charge in [-0.25, -0.2) is 4.98 Å². The lowest BCUT2D eigenvalue weighted by Gasteiger charge is -1.83. The largest absolute Gasteiger partial charge is 0.213 e. The Morgan fingerprint density at radius 3 is 2.89 bits per heavy atom. The second kappa shape index (κ2) is 3.17. The van der Waals surface area contributed by atoms with Gasteiger partial charge in [0.25, 0.3) is 0 Å². The van der Waals surface area contributed by atoms with E-state index in [9.17, 15) is 0 Å². The fraction of sp³-hybridized carbons (Fsp3) is 0.600. The summed E-state index contributed by atoms with van der Waals surface area (Å²) >= 11 is 3.22. The number of hydrogen-bond acceptors (Lipinski definition) is 4. The summed E-state index contributed by atoms with van der Waals surface area (Å²) in [7, 11) is 0. The van der Waals surface area contributed by atoms with Crippen LogP contribution in [-0.2, 0) is 0 Å². The maximum atomic E-state index is 4.17. The van der Waals surface area contributed by atoms with Crippen molar-refractivity contribution in [3.63, 3.8) is 0 Å². The second-order valence-corrected chi connectivity index (χ2v) is 3.80. The summed E-state index contributed by atoms with van der Waals surface area (Å²) in [4.78, 5) is 4.17. The molecule has 0 radical (unpaired) electrons. The zero-order valence-electron chi connectivity index (χ0n) is 5.42. The number of aromatic nitrogens is 2. The van der Waals surface area contributed by atoms with E-state index in [0.29, 0.717) is 0 Å². The third kappa shape index (κ3) is 1.95. The average Bonchev–Trinajstić information content (AvgIpc) is 2.17. The molecule has 9 heavy (non-hydrogen) atoms. The third-order valence-electron chi connectivity index (χ3n) is 0.777. The smallest absolute Gasteiger partial charge is 0.170 e. The monoisotopic (exact) mass is 160 g/mol. The Kier molecular flexibility index (Phi) is 2.48. The Labute approximate surface area is 62.9 Å². The van der Waals surface area contributed by atoms with Crippen LogP contribution in [0.4, 0.5) is 0 Å². The molecule has 0 aliphatic carbocycles. The first-order chi connectivity index (χ1) is 4.33. The molecule has 2 nitrogen and oxygen atoms in total. The SMILES string of the molecule is CCSc1nc(C)ns1. The molecule has 50 valence electrons. The van der Waals surface area contributed by atoms with Gasteiger partial charge >= 0.3 is 0 Å². The van der Waals surface area contributed by atoms with Gasteiger partial charge in [0.15, 0.2) is 4.34 Å². The van der Waals surface area contributed by atoms with Crippen LogP contribution in [0.25, 0.3) is 0 Å². The van der Waals surface area contributed by atoms with E-state index in [2.05, 4.69) is 16.3 Å². The number of aryl methyl sites for hydroxylation is 1. The Morgan fingerprint density at radius 1 is 1.67 bits per heavy atom. The number of nitrogens with zero attached hydrogens (tertiary/aromatic N) is 2. The molecular formula is C5H8N2S2. The Balaban J connectivity index is 2.61. The summed E-state index contributed by atoms with van der Waals surface area (Å²) in [5.74, 6) is 1.96. The zero-order valence-corrected chi connectivity index (χ0v) is 7.05. The molecule has 0 aliphatic heterocycles. The minimum Gasteiger partial charge on any atom is -0.213 e. The van der Waals surface area contributed by atoms with Crippen molar-refractivity contribution in [2.75, 3.05) is 5.75 Å². The van der Waals surface area contributed by atoms with Gasteiger partial charge in [-0.1, -0.05) is 18.7 Å². The van der Waals surface area contributed by atoms with Crippen LogP contribution in [0.3, 0.4) is 0 Å². The van der Waals surface area contributed by atoms with Gasteiger partial charge in [0.05, 0.1) is 0 Å². The standard InChI is InChI=1S/C5H8N2S2/c1-3-8-5-6-4(2)7-9-5/h3H2,1-2H3. The molecule has 0 bridgehead atoms. The Morgan fingerprint density at radius 2 is 2.44 bits per heavy atom. The Hall–Kier alpha value is -0.0900. The normalized spacial score (nSPS) is 10.0. The highest BCUT2D eigenvalue weighted by Gasteiger charge is 1.96. The van der Waals surface area contributed by atoms with E-state index in [1.165, 1.54) is 11.5 Å². The van der Waals surface area contributed by atoms with Crippen LogP contribution in [-0.4, -0.2) is 15.1 Å². The maximum absolute atomic E-state index is 4.17. The molecule has 0 fully saturated rings. The molecular weight excluding hydrogens is 152 g/mol. The average molecular weight is 160 g/mol. The first-order valence-corrected chi connectivity index (χ1v) is 4.52. The van der Waals surface area contributed by atoms with Crippen LogP contribution in [0.2, 0.25) is 0 Å². The minimum absolute atomic E-state index is 0.885. The number of rotatable bonds is 2. The zero-order chi connectivity index (χ0) is 6.69. The van der Waals surface area contributed by atoms with E-state index in [1.54, 1.807) is 11.8 Å². The van der Waals surface area contributed by atoms with Gasteiger partial charge in [0.1, 0.15) is 5.82 Å². The fourth-order valence-corrected chi connectivity index (χ4v) is 2.00. The lowest BCUT2D eigenvalue weighted by molar-refractivity contribution is 1.10. The molecule has 0 spiro atoms. The summed E-state index contributed by atoms with van der Waals surface area (Å²) in [6.07, 6.45) is 0. The van der Waals surface area contributed by atoms with Gasteiger partial charge < -0.3 is 0 Å². The van der Waals surface area contributed by atoms with Crippen molar-refractivity contribution in [3.05, 3.63) is 5.82 Å². The molecule has 0 saturated carbocycles. The van der Waals surface area contributed by atoms with Crippen LogP contribution in [0.15, 0.2) is 4.34 Å². The molecule has 1 heterocycles. The molecule has 1 aromatic heterocycles. The van der Waals surface area contributed by atoms with Gasteiger partial charge in [-0.2, -0.15) is 4.37 Å². The van der Waals surface area contributed by atoms with E-state index in [-0.39, 0.29) is 0 Å². The lowest BCUT2D eigenvalue weighted by Crippen LogP contribution is -1.72. The second-order valence-electron chi connectivity index (χ2n) is 1.54. The first-order valence-electron chi connectivity index (χ1n) is 2.76. The minimum atomic E-state index is 0.885. The molecule has 0 aliphatic rings. The first kappa shape index (κ1) is 7.02. The third-order valence-corrected chi connectivity index (χ3v) is 2.58. The summed E-state index contributed by atoms with van der Waals surface area (Å²) in [5, 5.41) is 0. The highest BCUT2D eigenvalue weighted by Crippen LogP contribution is 2.18. The van der Waals surface area contributed by atoms with Gasteiger partial charge in [0, 0.05) is 0 Å². The predicted molar refractivity (Wildman–Crippen MR) is 41.0 cm³/mol. The molecule has 1 rings (SSSR count). The highest BCUT2D eigenvalue weighted by atomic mass is 32.2. The maximum Gasteiger partial charge on any atom is 0.170 e. The molecule has 1 aromatic rings. The molecule has 0 unspecified atom stereocenters. The summed E-state index contributed by atoms with van der Waals surface area (Å²) in [5.41, 5.74) is 0. The van der Waals surface area contributed by atoms with Crippen LogP contribution in [0.1, 0.15) is 12.7 Å². The molecule has 4 heteroatoms. The van der Waals surface area contributed by atoms with Crippen LogP contribution in [0.5, 0.6) is 0 Å². The molecule has 0 amide bonds. The summed E-state index contributed by atoms with van der Waals surface area (Å²) in [6.45, 7) is 4.03. The van der Waals surface area contributed by atoms with E-state index in [0.717, 1.165) is 15.9 Å². The van der Waals surface area contributed by atoms with Crippen molar-refractivity contribution in [2.24, 2.45) is 0 Å². The van der Waals surface area contributed by atoms with Crippen molar-refractivity contribution < 1.29 is 0 Å². The predicted octanol–water partition coefficient (Wildman–Crippen LogP) is 1.96. The van der Waals surface area contributed by atoms with Crippen LogP contribution in [0, 0.1) is 6.92 Å². The van der Waals surface area contributed by atoms with E-state index in [4.69, 9.17) is 0 Å². The summed E-state index contributed by atoms with van der Waals surface area (Å²) in [6, 6.07) is 0. The van der Waals surface area contributed by atoms with Crippen molar-refractivity contribution in [3.8, 4) is 0 Å². The van der Waals surface area contributed by atoms with Crippen LogP contribution >= 0.6 is 23.3 Å². The van der Waals surface area contributed by atoms with Gasteiger partial charge in [-0.15, -0.1) is 0 Å². The van der Waals surface area contributed by atoms with Gasteiger partial charge in [0.2, 0.25) is 0 Å². The molecule has 0 saturated heterocycles. The van der Waals surface area contributed by atoms with Crippen molar-refractivity contribution in [2.45, 2.75) is 18.2 Å². The van der Waals surface area contributed by atoms with Crippen molar-refractivity contribution >= 4 is 23.3 Å². The number of hydrogen-bond donors (Lipinski definition) is 0. The van der Waals surface area contributed by atoms with E-state index < -0.39 is 0 Å². The quantitative estimate of drug-likeness (QED) is 0.618. The lowest BCUT2D eigenvalue weighted by atomic mass is 10.8. The van der Waals surface area contributed by atoms with E-state index >= 15 is 0 Å². The van der Waals surface area contributed by atoms with E-state index in [1.807, 2.05) is 6.92 Å².